The number of aromatic nitrogens is 2. The Morgan fingerprint density at radius 2 is 1.92 bits per heavy atom. The molecule has 1 aliphatic heterocycles. The van der Waals surface area contributed by atoms with Gasteiger partial charge in [-0.1, -0.05) is 18.2 Å². The second-order valence-electron chi connectivity index (χ2n) is 6.19. The van der Waals surface area contributed by atoms with E-state index in [-0.39, 0.29) is 12.4 Å². The number of hydrogen-bond donors (Lipinski definition) is 2. The molecule has 7 heteroatoms. The molecule has 1 aromatic carbocycles. The predicted octanol–water partition coefficient (Wildman–Crippen LogP) is 0.946. The minimum Gasteiger partial charge on any atom is -1.00 e. The molecule has 0 saturated carbocycles. The maximum Gasteiger partial charge on any atom is 0.189 e. The number of likely N-dealkylation sites (tertiary alicyclic amines) is 1. The summed E-state index contributed by atoms with van der Waals surface area (Å²) in [5.74, 6) is 1.14. The van der Waals surface area contributed by atoms with Gasteiger partial charge in [-0.2, -0.15) is 0 Å². The molecule has 0 atom stereocenters. The van der Waals surface area contributed by atoms with E-state index in [4.69, 9.17) is 0 Å². The van der Waals surface area contributed by atoms with Gasteiger partial charge >= 0.3 is 0 Å². The average Bonchev–Trinajstić information content (AvgIpc) is 2.58. The normalized spacial score (nSPS) is 14.8. The van der Waals surface area contributed by atoms with Gasteiger partial charge in [-0.15, -0.1) is 0 Å². The Balaban J connectivity index is 0.00000225. The number of halogens is 1. The molecule has 0 aliphatic carbocycles. The first-order valence-corrected chi connectivity index (χ1v) is 9.57. The fourth-order valence-electron chi connectivity index (χ4n) is 2.99. The Bertz CT molecular complexity index is 707. The first-order valence-electron chi connectivity index (χ1n) is 8.35. The first kappa shape index (κ1) is 19.8. The summed E-state index contributed by atoms with van der Waals surface area (Å²) in [6, 6.07) is 7.58. The fraction of sp³-hybridized carbons (Fsp3) is 0.444. The van der Waals surface area contributed by atoms with Gasteiger partial charge in [0.2, 0.25) is 0 Å². The number of piperidine rings is 1. The molecule has 2 heterocycles. The number of benzene rings is 1. The van der Waals surface area contributed by atoms with Crippen molar-refractivity contribution >= 4 is 23.3 Å². The van der Waals surface area contributed by atoms with Crippen molar-refractivity contribution < 1.29 is 17.5 Å². The third-order valence-electron chi connectivity index (χ3n) is 4.21. The molecule has 2 N–H and O–H groups in total. The molecule has 0 amide bonds. The van der Waals surface area contributed by atoms with Gasteiger partial charge in [0.05, 0.1) is 0 Å². The largest absolute Gasteiger partial charge is 1.00 e. The molecule has 1 aromatic heterocycles. The van der Waals surface area contributed by atoms with E-state index in [0.29, 0.717) is 5.75 Å². The minimum absolute atomic E-state index is 0. The Morgan fingerprint density at radius 1 is 1.16 bits per heavy atom. The highest BCUT2D eigenvalue weighted by Gasteiger charge is 2.13. The van der Waals surface area contributed by atoms with E-state index in [1.807, 2.05) is 31.4 Å². The summed E-state index contributed by atoms with van der Waals surface area (Å²) in [5.41, 5.74) is 2.83. The molecule has 136 valence electrons. The Hall–Kier alpha value is -1.50. The Labute approximate surface area is 159 Å². The van der Waals surface area contributed by atoms with Crippen LogP contribution in [0.15, 0.2) is 29.4 Å². The van der Waals surface area contributed by atoms with Crippen molar-refractivity contribution in [2.75, 3.05) is 24.7 Å². The zero-order chi connectivity index (χ0) is 16.9. The number of thioether (sulfide) groups is 1. The van der Waals surface area contributed by atoms with Crippen LogP contribution in [-0.2, 0) is 6.54 Å². The highest BCUT2D eigenvalue weighted by atomic mass is 35.5. The number of anilines is 2. The molecular formula is C18H24ClN4OS-. The van der Waals surface area contributed by atoms with E-state index in [9.17, 15) is 5.11 Å². The van der Waals surface area contributed by atoms with Crippen molar-refractivity contribution in [1.82, 2.24) is 14.9 Å². The first-order chi connectivity index (χ1) is 11.6. The van der Waals surface area contributed by atoms with Crippen LogP contribution in [0.3, 0.4) is 0 Å². The quantitative estimate of drug-likeness (QED) is 0.458. The zero-order valence-electron chi connectivity index (χ0n) is 14.6. The minimum atomic E-state index is 0. The number of nitrogens with one attached hydrogen (secondary N) is 1. The number of aromatic hydroxyl groups is 1. The standard InChI is InChI=1S/C18H24N4OS.ClH/c1-13-10-17(21-18(19-13)24-2)20-15-6-7-16(23)14(11-15)12-22-8-4-3-5-9-22;/h6-7,10-11,23H,3-5,8-9,12H2,1-2H3,(H,19,20,21);1H/p-1. The number of nitrogens with zero attached hydrogens (tertiary/aromatic N) is 3. The maximum atomic E-state index is 10.2. The summed E-state index contributed by atoms with van der Waals surface area (Å²) in [6.07, 6.45) is 5.78. The van der Waals surface area contributed by atoms with E-state index in [2.05, 4.69) is 20.2 Å². The summed E-state index contributed by atoms with van der Waals surface area (Å²) in [5, 5.41) is 14.3. The lowest BCUT2D eigenvalue weighted by Gasteiger charge is -2.26. The van der Waals surface area contributed by atoms with E-state index < -0.39 is 0 Å². The van der Waals surface area contributed by atoms with Crippen LogP contribution in [0.25, 0.3) is 0 Å². The van der Waals surface area contributed by atoms with Gasteiger partial charge in [0.1, 0.15) is 11.6 Å². The highest BCUT2D eigenvalue weighted by molar-refractivity contribution is 7.98. The molecule has 1 fully saturated rings. The molecule has 2 aromatic rings. The average molecular weight is 380 g/mol. The van der Waals surface area contributed by atoms with Crippen molar-refractivity contribution in [3.63, 3.8) is 0 Å². The smallest absolute Gasteiger partial charge is 0.189 e. The molecule has 1 aliphatic rings. The number of aryl methyl sites for hydroxylation is 1. The van der Waals surface area contributed by atoms with Crippen molar-refractivity contribution in [3.8, 4) is 5.75 Å². The summed E-state index contributed by atoms with van der Waals surface area (Å²) in [4.78, 5) is 11.3. The molecule has 25 heavy (non-hydrogen) atoms. The van der Waals surface area contributed by atoms with Gasteiger partial charge in [-0.05, 0) is 57.3 Å². The maximum absolute atomic E-state index is 10.2. The van der Waals surface area contributed by atoms with Gasteiger partial charge in [-0.3, -0.25) is 4.90 Å². The predicted molar refractivity (Wildman–Crippen MR) is 99.1 cm³/mol. The molecule has 5 nitrogen and oxygen atoms in total. The lowest BCUT2D eigenvalue weighted by Crippen LogP contribution is -3.00. The third kappa shape index (κ3) is 5.49. The van der Waals surface area contributed by atoms with Gasteiger partial charge in [0.15, 0.2) is 5.16 Å². The SMILES string of the molecule is CSc1nc(C)cc(Nc2ccc(O)c(CN3CCCCC3)c2)n1.[Cl-]. The van der Waals surface area contributed by atoms with Gasteiger partial charge in [0, 0.05) is 29.6 Å². The number of phenolic OH excluding ortho intramolecular Hbond substituents is 1. The van der Waals surface area contributed by atoms with Crippen LogP contribution in [0.2, 0.25) is 0 Å². The van der Waals surface area contributed by atoms with Crippen LogP contribution < -0.4 is 17.7 Å². The molecule has 3 rings (SSSR count). The summed E-state index contributed by atoms with van der Waals surface area (Å²) in [6.45, 7) is 4.98. The van der Waals surface area contributed by atoms with Crippen LogP contribution in [0, 0.1) is 6.92 Å². The third-order valence-corrected chi connectivity index (χ3v) is 4.76. The van der Waals surface area contributed by atoms with Gasteiger partial charge in [-0.25, -0.2) is 9.97 Å². The molecule has 0 spiro atoms. The van der Waals surface area contributed by atoms with Gasteiger partial charge in [0.25, 0.3) is 0 Å². The Morgan fingerprint density at radius 3 is 2.64 bits per heavy atom. The lowest BCUT2D eigenvalue weighted by molar-refractivity contribution is -0.00000615. The zero-order valence-corrected chi connectivity index (χ0v) is 16.2. The summed E-state index contributed by atoms with van der Waals surface area (Å²) >= 11 is 1.53. The Kier molecular flexibility index (Phi) is 7.35. The second kappa shape index (κ2) is 9.27. The number of rotatable bonds is 5. The van der Waals surface area contributed by atoms with Crippen molar-refractivity contribution in [2.45, 2.75) is 37.9 Å². The monoisotopic (exact) mass is 379 g/mol. The van der Waals surface area contributed by atoms with Crippen LogP contribution in [0.4, 0.5) is 11.5 Å². The number of phenols is 1. The van der Waals surface area contributed by atoms with E-state index in [1.165, 1.54) is 31.0 Å². The van der Waals surface area contributed by atoms with E-state index >= 15 is 0 Å². The molecular weight excluding hydrogens is 356 g/mol. The number of hydrogen-bond acceptors (Lipinski definition) is 6. The van der Waals surface area contributed by atoms with Crippen molar-refractivity contribution in [3.05, 3.63) is 35.5 Å². The fourth-order valence-corrected chi connectivity index (χ4v) is 3.42. The van der Waals surface area contributed by atoms with E-state index in [0.717, 1.165) is 47.6 Å². The lowest BCUT2D eigenvalue weighted by atomic mass is 10.1. The molecule has 0 bridgehead atoms. The van der Waals surface area contributed by atoms with Crippen LogP contribution in [-0.4, -0.2) is 39.3 Å². The van der Waals surface area contributed by atoms with Crippen LogP contribution >= 0.6 is 11.8 Å². The van der Waals surface area contributed by atoms with Gasteiger partial charge < -0.3 is 22.8 Å². The van der Waals surface area contributed by atoms with Crippen LogP contribution in [0.1, 0.15) is 30.5 Å². The summed E-state index contributed by atoms with van der Waals surface area (Å²) < 4.78 is 0. The topological polar surface area (TPSA) is 61.3 Å². The second-order valence-corrected chi connectivity index (χ2v) is 6.96. The molecule has 0 radical (unpaired) electrons. The summed E-state index contributed by atoms with van der Waals surface area (Å²) in [7, 11) is 0. The molecule has 1 saturated heterocycles. The van der Waals surface area contributed by atoms with Crippen molar-refractivity contribution in [2.24, 2.45) is 0 Å². The van der Waals surface area contributed by atoms with E-state index in [1.54, 1.807) is 6.07 Å². The van der Waals surface area contributed by atoms with Crippen LogP contribution in [0.5, 0.6) is 5.75 Å². The molecule has 0 unspecified atom stereocenters. The van der Waals surface area contributed by atoms with Crippen molar-refractivity contribution in [1.29, 1.82) is 0 Å². The highest BCUT2D eigenvalue weighted by Crippen LogP contribution is 2.26.